The molecular formula is C12H20N2O3. The first-order valence-corrected chi connectivity index (χ1v) is 5.45. The molecule has 0 fully saturated rings. The lowest BCUT2D eigenvalue weighted by atomic mass is 10.1. The number of carbonyl (C=O) groups is 2. The van der Waals surface area contributed by atoms with E-state index in [1.165, 1.54) is 0 Å². The summed E-state index contributed by atoms with van der Waals surface area (Å²) in [5.74, 6) is 1.57. The predicted octanol–water partition coefficient (Wildman–Crippen LogP) is 0.185. The summed E-state index contributed by atoms with van der Waals surface area (Å²) >= 11 is 0. The van der Waals surface area contributed by atoms with Crippen molar-refractivity contribution in [3.63, 3.8) is 0 Å². The summed E-state index contributed by atoms with van der Waals surface area (Å²) in [6, 6.07) is -0.786. The summed E-state index contributed by atoms with van der Waals surface area (Å²) in [4.78, 5) is 22.7. The smallest absolute Gasteiger partial charge is 0.323 e. The van der Waals surface area contributed by atoms with E-state index in [-0.39, 0.29) is 25.3 Å². The summed E-state index contributed by atoms with van der Waals surface area (Å²) in [6.45, 7) is 5.46. The zero-order chi connectivity index (χ0) is 13.5. The molecule has 0 aromatic rings. The van der Waals surface area contributed by atoms with Crippen LogP contribution in [-0.2, 0) is 14.3 Å². The topological polar surface area (TPSA) is 81.4 Å². The van der Waals surface area contributed by atoms with Crippen LogP contribution in [0.15, 0.2) is 0 Å². The van der Waals surface area contributed by atoms with Crippen LogP contribution in [0.3, 0.4) is 0 Å². The van der Waals surface area contributed by atoms with E-state index >= 15 is 0 Å². The number of rotatable bonds is 5. The summed E-state index contributed by atoms with van der Waals surface area (Å²) in [5.41, 5.74) is 5.04. The number of hydrogen-bond acceptors (Lipinski definition) is 4. The van der Waals surface area contributed by atoms with Gasteiger partial charge in [0.15, 0.2) is 0 Å². The van der Waals surface area contributed by atoms with Crippen molar-refractivity contribution in [2.24, 2.45) is 5.73 Å². The maximum atomic E-state index is 11.5. The monoisotopic (exact) mass is 240 g/mol. The van der Waals surface area contributed by atoms with Crippen molar-refractivity contribution >= 4 is 11.9 Å². The van der Waals surface area contributed by atoms with Gasteiger partial charge in [-0.2, -0.15) is 0 Å². The second-order valence-electron chi connectivity index (χ2n) is 4.66. The SMILES string of the molecule is C#CCNC(=O)CC[C@H](N)C(=O)OC(C)(C)C. The van der Waals surface area contributed by atoms with Crippen LogP contribution < -0.4 is 11.1 Å². The van der Waals surface area contributed by atoms with Gasteiger partial charge >= 0.3 is 5.97 Å². The van der Waals surface area contributed by atoms with Gasteiger partial charge in [-0.3, -0.25) is 9.59 Å². The fourth-order valence-electron chi connectivity index (χ4n) is 1.02. The molecule has 0 unspecified atom stereocenters. The Morgan fingerprint density at radius 1 is 1.47 bits per heavy atom. The van der Waals surface area contributed by atoms with Crippen molar-refractivity contribution in [1.29, 1.82) is 0 Å². The Hall–Kier alpha value is -1.54. The molecule has 1 atom stereocenters. The van der Waals surface area contributed by atoms with Gasteiger partial charge in [0.25, 0.3) is 0 Å². The Morgan fingerprint density at radius 2 is 2.06 bits per heavy atom. The predicted molar refractivity (Wildman–Crippen MR) is 64.9 cm³/mol. The highest BCUT2D eigenvalue weighted by Gasteiger charge is 2.22. The van der Waals surface area contributed by atoms with Crippen molar-refractivity contribution in [3.05, 3.63) is 0 Å². The Morgan fingerprint density at radius 3 is 2.53 bits per heavy atom. The van der Waals surface area contributed by atoms with Crippen LogP contribution in [0.2, 0.25) is 0 Å². The lowest BCUT2D eigenvalue weighted by Crippen LogP contribution is -2.38. The Labute approximate surface area is 102 Å². The second-order valence-corrected chi connectivity index (χ2v) is 4.66. The highest BCUT2D eigenvalue weighted by Crippen LogP contribution is 2.09. The minimum Gasteiger partial charge on any atom is -0.459 e. The van der Waals surface area contributed by atoms with Crippen LogP contribution >= 0.6 is 0 Å². The van der Waals surface area contributed by atoms with Crippen molar-refractivity contribution < 1.29 is 14.3 Å². The van der Waals surface area contributed by atoms with E-state index in [9.17, 15) is 9.59 Å². The van der Waals surface area contributed by atoms with Crippen LogP contribution in [0.4, 0.5) is 0 Å². The molecule has 96 valence electrons. The lowest BCUT2D eigenvalue weighted by Gasteiger charge is -2.22. The molecule has 0 aromatic heterocycles. The number of carbonyl (C=O) groups excluding carboxylic acids is 2. The zero-order valence-electron chi connectivity index (χ0n) is 10.6. The molecule has 0 aromatic carbocycles. The van der Waals surface area contributed by atoms with Gasteiger partial charge in [-0.15, -0.1) is 6.42 Å². The van der Waals surface area contributed by atoms with Gasteiger partial charge in [0.05, 0.1) is 6.54 Å². The van der Waals surface area contributed by atoms with Gasteiger partial charge in [-0.05, 0) is 27.2 Å². The highest BCUT2D eigenvalue weighted by molar-refractivity contribution is 5.79. The van der Waals surface area contributed by atoms with E-state index in [1.807, 2.05) is 0 Å². The third-order valence-electron chi connectivity index (χ3n) is 1.78. The second kappa shape index (κ2) is 6.92. The molecule has 5 nitrogen and oxygen atoms in total. The maximum absolute atomic E-state index is 11.5. The average molecular weight is 240 g/mol. The van der Waals surface area contributed by atoms with Crippen LogP contribution in [0, 0.1) is 12.3 Å². The lowest BCUT2D eigenvalue weighted by molar-refractivity contribution is -0.156. The van der Waals surface area contributed by atoms with Crippen LogP contribution in [0.25, 0.3) is 0 Å². The molecule has 0 spiro atoms. The molecule has 5 heteroatoms. The van der Waals surface area contributed by atoms with E-state index in [0.717, 1.165) is 0 Å². The van der Waals surface area contributed by atoms with Crippen molar-refractivity contribution in [2.75, 3.05) is 6.54 Å². The van der Waals surface area contributed by atoms with Gasteiger partial charge in [0.2, 0.25) is 5.91 Å². The van der Waals surface area contributed by atoms with Crippen LogP contribution in [0.5, 0.6) is 0 Å². The standard InChI is InChI=1S/C12H20N2O3/c1-5-8-14-10(15)7-6-9(13)11(16)17-12(2,3)4/h1,9H,6-8,13H2,2-4H3,(H,14,15)/t9-/m0/s1. The molecule has 0 rings (SSSR count). The molecule has 0 saturated carbocycles. The first kappa shape index (κ1) is 15.5. The number of amides is 1. The van der Waals surface area contributed by atoms with E-state index < -0.39 is 17.6 Å². The molecule has 1 amide bonds. The summed E-state index contributed by atoms with van der Waals surface area (Å²) in [7, 11) is 0. The van der Waals surface area contributed by atoms with Gasteiger partial charge in [0, 0.05) is 6.42 Å². The van der Waals surface area contributed by atoms with E-state index in [2.05, 4.69) is 11.2 Å². The van der Waals surface area contributed by atoms with E-state index in [0.29, 0.717) is 0 Å². The number of ether oxygens (including phenoxy) is 1. The zero-order valence-corrected chi connectivity index (χ0v) is 10.6. The van der Waals surface area contributed by atoms with E-state index in [4.69, 9.17) is 16.9 Å². The van der Waals surface area contributed by atoms with Gasteiger partial charge in [-0.25, -0.2) is 0 Å². The van der Waals surface area contributed by atoms with Crippen molar-refractivity contribution in [3.8, 4) is 12.3 Å². The number of nitrogens with two attached hydrogens (primary N) is 1. The Kier molecular flexibility index (Phi) is 6.29. The van der Waals surface area contributed by atoms with Gasteiger partial charge in [0.1, 0.15) is 11.6 Å². The van der Waals surface area contributed by atoms with Crippen LogP contribution in [0.1, 0.15) is 33.6 Å². The third-order valence-corrected chi connectivity index (χ3v) is 1.78. The van der Waals surface area contributed by atoms with Crippen molar-refractivity contribution in [2.45, 2.75) is 45.3 Å². The quantitative estimate of drug-likeness (QED) is 0.531. The molecule has 17 heavy (non-hydrogen) atoms. The van der Waals surface area contributed by atoms with Gasteiger partial charge in [-0.1, -0.05) is 5.92 Å². The average Bonchev–Trinajstić information content (AvgIpc) is 2.20. The number of esters is 1. The first-order chi connectivity index (χ1) is 7.76. The molecule has 0 radical (unpaired) electrons. The summed E-state index contributed by atoms with van der Waals surface area (Å²) in [6.07, 6.45) is 5.38. The Bertz CT molecular complexity index is 313. The minimum absolute atomic E-state index is 0.155. The molecule has 3 N–H and O–H groups in total. The molecule has 0 aliphatic heterocycles. The normalized spacial score (nSPS) is 12.4. The molecule has 0 aliphatic rings. The summed E-state index contributed by atoms with van der Waals surface area (Å²) in [5, 5.41) is 2.49. The molecule has 0 aliphatic carbocycles. The number of hydrogen-bond donors (Lipinski definition) is 2. The molecular weight excluding hydrogens is 220 g/mol. The minimum atomic E-state index is -0.786. The largest absolute Gasteiger partial charge is 0.459 e. The number of nitrogens with one attached hydrogen (secondary N) is 1. The van der Waals surface area contributed by atoms with Gasteiger partial charge < -0.3 is 15.8 Å². The van der Waals surface area contributed by atoms with E-state index in [1.54, 1.807) is 20.8 Å². The maximum Gasteiger partial charge on any atom is 0.323 e. The molecule has 0 bridgehead atoms. The fourth-order valence-corrected chi connectivity index (χ4v) is 1.02. The third kappa shape index (κ3) is 8.29. The first-order valence-electron chi connectivity index (χ1n) is 5.45. The molecule has 0 saturated heterocycles. The van der Waals surface area contributed by atoms with Crippen molar-refractivity contribution in [1.82, 2.24) is 5.32 Å². The molecule has 0 heterocycles. The summed E-state index contributed by atoms with van der Waals surface area (Å²) < 4.78 is 5.08. The fraction of sp³-hybridized carbons (Fsp3) is 0.667. The van der Waals surface area contributed by atoms with Crippen LogP contribution in [-0.4, -0.2) is 30.1 Å². The highest BCUT2D eigenvalue weighted by atomic mass is 16.6. The Balaban J connectivity index is 3.94. The number of terminal acetylenes is 1.